The van der Waals surface area contributed by atoms with Gasteiger partial charge in [-0.15, -0.1) is 0 Å². The standard InChI is InChI=1S/C16H17ClN2O4S.Na/c17-14-6-8-15(9-7-14)24(22,23)19(11-10-16(20)18-21)12-13-4-2-1-3-5-13;/h1-9,21H,10-12H2,(H,18,20);/q;+1. The van der Waals surface area contributed by atoms with Gasteiger partial charge in [-0.25, -0.2) is 13.9 Å². The zero-order chi connectivity index (χ0) is 17.6. The van der Waals surface area contributed by atoms with Gasteiger partial charge in [-0.2, -0.15) is 4.31 Å². The first-order valence-electron chi connectivity index (χ1n) is 7.16. The SMILES string of the molecule is O=C(CCN(Cc1ccccc1)S(=O)(=O)c1ccc(Cl)cc1)NO.[Na+]. The molecular weight excluding hydrogens is 375 g/mol. The molecule has 25 heavy (non-hydrogen) atoms. The number of carbonyl (C=O) groups excluding carboxylic acids is 1. The number of hydroxylamine groups is 1. The quantitative estimate of drug-likeness (QED) is 0.376. The maximum atomic E-state index is 12.8. The maximum absolute atomic E-state index is 12.8. The van der Waals surface area contributed by atoms with E-state index in [9.17, 15) is 13.2 Å². The van der Waals surface area contributed by atoms with E-state index in [0.29, 0.717) is 5.02 Å². The molecule has 0 aliphatic rings. The second kappa shape index (κ2) is 10.3. The first kappa shape index (κ1) is 22.1. The molecule has 0 aliphatic carbocycles. The normalized spacial score (nSPS) is 11.0. The number of carbonyl (C=O) groups is 1. The molecule has 2 aromatic carbocycles. The fraction of sp³-hybridized carbons (Fsp3) is 0.188. The van der Waals surface area contributed by atoms with Crippen LogP contribution in [0.25, 0.3) is 0 Å². The molecule has 0 fully saturated rings. The Morgan fingerprint density at radius 3 is 2.24 bits per heavy atom. The predicted molar refractivity (Wildman–Crippen MR) is 90.0 cm³/mol. The molecule has 2 N–H and O–H groups in total. The summed E-state index contributed by atoms with van der Waals surface area (Å²) in [4.78, 5) is 11.4. The van der Waals surface area contributed by atoms with Crippen molar-refractivity contribution in [2.75, 3.05) is 6.54 Å². The van der Waals surface area contributed by atoms with Crippen molar-refractivity contribution in [1.29, 1.82) is 0 Å². The minimum absolute atomic E-state index is 0. The Bertz CT molecular complexity index is 786. The van der Waals surface area contributed by atoms with E-state index in [0.717, 1.165) is 5.56 Å². The monoisotopic (exact) mass is 391 g/mol. The summed E-state index contributed by atoms with van der Waals surface area (Å²) in [5.41, 5.74) is 2.30. The Morgan fingerprint density at radius 2 is 1.68 bits per heavy atom. The van der Waals surface area contributed by atoms with E-state index in [-0.39, 0.29) is 54.0 Å². The van der Waals surface area contributed by atoms with Gasteiger partial charge in [0.15, 0.2) is 0 Å². The summed E-state index contributed by atoms with van der Waals surface area (Å²) in [6, 6.07) is 14.9. The number of hydrogen-bond donors (Lipinski definition) is 2. The first-order valence-corrected chi connectivity index (χ1v) is 8.98. The Hall–Kier alpha value is -0.930. The number of nitrogens with one attached hydrogen (secondary N) is 1. The number of hydrogen-bond acceptors (Lipinski definition) is 4. The third kappa shape index (κ3) is 6.38. The van der Waals surface area contributed by atoms with E-state index in [1.165, 1.54) is 34.1 Å². The van der Waals surface area contributed by atoms with Crippen molar-refractivity contribution >= 4 is 27.5 Å². The van der Waals surface area contributed by atoms with Crippen LogP contribution in [-0.4, -0.2) is 30.4 Å². The average molecular weight is 392 g/mol. The van der Waals surface area contributed by atoms with Gasteiger partial charge >= 0.3 is 29.6 Å². The molecule has 0 bridgehead atoms. The van der Waals surface area contributed by atoms with Crippen LogP contribution in [0.5, 0.6) is 0 Å². The van der Waals surface area contributed by atoms with Gasteiger partial charge in [0, 0.05) is 24.5 Å². The summed E-state index contributed by atoms with van der Waals surface area (Å²) >= 11 is 5.80. The fourth-order valence-corrected chi connectivity index (χ4v) is 3.66. The van der Waals surface area contributed by atoms with Crippen molar-refractivity contribution in [3.8, 4) is 0 Å². The number of benzene rings is 2. The molecule has 0 heterocycles. The second-order valence-electron chi connectivity index (χ2n) is 5.06. The zero-order valence-electron chi connectivity index (χ0n) is 13.7. The second-order valence-corrected chi connectivity index (χ2v) is 7.44. The molecule has 0 atom stereocenters. The van der Waals surface area contributed by atoms with Crippen molar-refractivity contribution in [2.24, 2.45) is 0 Å². The van der Waals surface area contributed by atoms with Gasteiger partial charge < -0.3 is 0 Å². The third-order valence-corrected chi connectivity index (χ3v) is 5.48. The van der Waals surface area contributed by atoms with Crippen molar-refractivity contribution in [2.45, 2.75) is 17.9 Å². The van der Waals surface area contributed by atoms with E-state index in [1.807, 2.05) is 18.2 Å². The van der Waals surface area contributed by atoms with Crippen molar-refractivity contribution in [1.82, 2.24) is 9.79 Å². The van der Waals surface area contributed by atoms with Crippen molar-refractivity contribution in [3.05, 3.63) is 65.2 Å². The molecule has 0 radical (unpaired) electrons. The molecule has 6 nitrogen and oxygen atoms in total. The van der Waals surface area contributed by atoms with E-state index in [4.69, 9.17) is 16.8 Å². The molecule has 128 valence electrons. The van der Waals surface area contributed by atoms with Gasteiger partial charge in [0.05, 0.1) is 4.90 Å². The van der Waals surface area contributed by atoms with E-state index in [1.54, 1.807) is 12.1 Å². The van der Waals surface area contributed by atoms with E-state index < -0.39 is 15.9 Å². The predicted octanol–water partition coefficient (Wildman–Crippen LogP) is -0.570. The molecule has 0 aliphatic heterocycles. The molecule has 1 amide bonds. The Kier molecular flexibility index (Phi) is 9.09. The summed E-state index contributed by atoms with van der Waals surface area (Å²) in [7, 11) is -3.81. The molecule has 9 heteroatoms. The van der Waals surface area contributed by atoms with Gasteiger partial charge in [0.25, 0.3) is 0 Å². The Balaban J connectivity index is 0.00000312. The largest absolute Gasteiger partial charge is 1.00 e. The molecule has 2 aromatic rings. The Labute approximate surface area is 174 Å². The van der Waals surface area contributed by atoms with Crippen LogP contribution in [-0.2, 0) is 21.4 Å². The molecule has 0 spiro atoms. The van der Waals surface area contributed by atoms with Crippen LogP contribution < -0.4 is 35.0 Å². The van der Waals surface area contributed by atoms with Crippen LogP contribution in [0.3, 0.4) is 0 Å². The molecule has 0 saturated heterocycles. The van der Waals surface area contributed by atoms with Crippen LogP contribution in [0.4, 0.5) is 0 Å². The molecule has 0 unspecified atom stereocenters. The smallest absolute Gasteiger partial charge is 0.289 e. The summed E-state index contributed by atoms with van der Waals surface area (Å²) in [5.74, 6) is -0.653. The van der Waals surface area contributed by atoms with Gasteiger partial charge in [0.1, 0.15) is 0 Å². The number of rotatable bonds is 7. The van der Waals surface area contributed by atoms with E-state index in [2.05, 4.69) is 0 Å². The topological polar surface area (TPSA) is 86.7 Å². The molecule has 0 saturated carbocycles. The van der Waals surface area contributed by atoms with Crippen LogP contribution in [0.2, 0.25) is 5.02 Å². The fourth-order valence-electron chi connectivity index (χ4n) is 2.11. The van der Waals surface area contributed by atoms with Crippen LogP contribution in [0.1, 0.15) is 12.0 Å². The molecular formula is C16H17ClN2NaO4S+. The van der Waals surface area contributed by atoms with Gasteiger partial charge in [-0.1, -0.05) is 41.9 Å². The molecule has 2 rings (SSSR count). The van der Waals surface area contributed by atoms with Crippen molar-refractivity contribution < 1.29 is 48.0 Å². The number of halogens is 1. The number of amides is 1. The third-order valence-electron chi connectivity index (χ3n) is 3.37. The number of nitrogens with zero attached hydrogens (tertiary/aromatic N) is 1. The number of sulfonamides is 1. The first-order chi connectivity index (χ1) is 11.4. The summed E-state index contributed by atoms with van der Waals surface area (Å²) in [6.45, 7) is 0.0523. The van der Waals surface area contributed by atoms with Gasteiger partial charge in [-0.3, -0.25) is 10.0 Å². The van der Waals surface area contributed by atoms with Crippen LogP contribution >= 0.6 is 11.6 Å². The van der Waals surface area contributed by atoms with Crippen molar-refractivity contribution in [3.63, 3.8) is 0 Å². The summed E-state index contributed by atoms with van der Waals surface area (Å²) in [6.07, 6.45) is -0.157. The molecule has 0 aromatic heterocycles. The summed E-state index contributed by atoms with van der Waals surface area (Å²) < 4.78 is 26.9. The Morgan fingerprint density at radius 1 is 1.08 bits per heavy atom. The maximum Gasteiger partial charge on any atom is 1.00 e. The van der Waals surface area contributed by atoms with E-state index >= 15 is 0 Å². The minimum atomic E-state index is -3.81. The van der Waals surface area contributed by atoms with Crippen LogP contribution in [0, 0.1) is 0 Å². The van der Waals surface area contributed by atoms with Gasteiger partial charge in [-0.05, 0) is 29.8 Å². The van der Waals surface area contributed by atoms with Gasteiger partial charge in [0.2, 0.25) is 15.9 Å². The minimum Gasteiger partial charge on any atom is -0.289 e. The average Bonchev–Trinajstić information content (AvgIpc) is 2.59. The summed E-state index contributed by atoms with van der Waals surface area (Å²) in [5, 5.41) is 9.04. The zero-order valence-corrected chi connectivity index (χ0v) is 17.3. The van der Waals surface area contributed by atoms with Crippen LogP contribution in [0.15, 0.2) is 59.5 Å².